The van der Waals surface area contributed by atoms with Crippen LogP contribution in [0.25, 0.3) is 0 Å². The molecular weight excluding hydrogens is 386 g/mol. The smallest absolute Gasteiger partial charge is 0.320 e. The van der Waals surface area contributed by atoms with E-state index in [4.69, 9.17) is 4.74 Å². The van der Waals surface area contributed by atoms with Gasteiger partial charge < -0.3 is 19.4 Å². The lowest BCUT2D eigenvalue weighted by molar-refractivity contribution is 0.0633. The fraction of sp³-hybridized carbons (Fsp3) is 0.556. The number of methoxy groups -OCH3 is 1. The number of piperazine rings is 1. The number of urea groups is 1. The molecule has 2 saturated heterocycles. The number of nitrogens with zero attached hydrogens (tertiary/aromatic N) is 3. The lowest BCUT2D eigenvalue weighted by atomic mass is 10.1. The molecule has 3 rings (SSSR count). The second-order valence-corrected chi connectivity index (χ2v) is 7.31. The number of carbonyl (C=O) groups excluding carboxylic acids is 2. The van der Waals surface area contributed by atoms with Gasteiger partial charge in [0.15, 0.2) is 0 Å². The minimum atomic E-state index is -0.00609. The van der Waals surface area contributed by atoms with Gasteiger partial charge in [0.05, 0.1) is 11.6 Å². The van der Waals surface area contributed by atoms with Crippen LogP contribution in [0.15, 0.2) is 22.7 Å². The average Bonchev–Trinajstić information content (AvgIpc) is 2.67. The van der Waals surface area contributed by atoms with Crippen molar-refractivity contribution < 1.29 is 14.3 Å². The minimum Gasteiger partial charge on any atom is -0.496 e. The third kappa shape index (κ3) is 4.08. The molecule has 2 aliphatic rings. The summed E-state index contributed by atoms with van der Waals surface area (Å²) in [6, 6.07) is 5.47. The number of carbonyl (C=O) groups is 2. The molecular formula is C18H24BrN3O3. The summed E-state index contributed by atoms with van der Waals surface area (Å²) in [7, 11) is 1.60. The number of ether oxygens (including phenoxy) is 1. The molecule has 2 heterocycles. The van der Waals surface area contributed by atoms with Gasteiger partial charge >= 0.3 is 6.03 Å². The number of piperidine rings is 1. The van der Waals surface area contributed by atoms with Gasteiger partial charge in [-0.05, 0) is 53.4 Å². The zero-order chi connectivity index (χ0) is 17.8. The molecule has 2 fully saturated rings. The molecule has 136 valence electrons. The molecule has 0 aliphatic carbocycles. The van der Waals surface area contributed by atoms with Gasteiger partial charge in [-0.2, -0.15) is 0 Å². The fourth-order valence-electron chi connectivity index (χ4n) is 3.37. The first-order valence-electron chi connectivity index (χ1n) is 8.77. The molecule has 0 aromatic heterocycles. The van der Waals surface area contributed by atoms with E-state index in [1.807, 2.05) is 14.7 Å². The number of benzene rings is 1. The highest BCUT2D eigenvalue weighted by Gasteiger charge is 2.28. The molecule has 0 radical (unpaired) electrons. The predicted molar refractivity (Wildman–Crippen MR) is 99.0 cm³/mol. The van der Waals surface area contributed by atoms with Crippen LogP contribution in [0, 0.1) is 0 Å². The number of halogens is 1. The van der Waals surface area contributed by atoms with E-state index in [0.717, 1.165) is 30.4 Å². The summed E-state index contributed by atoms with van der Waals surface area (Å²) in [4.78, 5) is 30.9. The van der Waals surface area contributed by atoms with Crippen molar-refractivity contribution in [3.63, 3.8) is 0 Å². The molecule has 0 saturated carbocycles. The fourth-order valence-corrected chi connectivity index (χ4v) is 3.91. The number of amides is 3. The number of hydrogen-bond acceptors (Lipinski definition) is 3. The van der Waals surface area contributed by atoms with Crippen molar-refractivity contribution >= 4 is 27.9 Å². The van der Waals surface area contributed by atoms with Crippen LogP contribution in [0.4, 0.5) is 4.79 Å². The third-order valence-corrected chi connectivity index (χ3v) is 5.48. The first kappa shape index (κ1) is 18.0. The lowest BCUT2D eigenvalue weighted by Crippen LogP contribution is -2.54. The Balaban J connectivity index is 1.57. The van der Waals surface area contributed by atoms with Crippen LogP contribution in [-0.4, -0.2) is 73.0 Å². The third-order valence-electron chi connectivity index (χ3n) is 4.86. The number of hydrogen-bond donors (Lipinski definition) is 0. The van der Waals surface area contributed by atoms with E-state index in [2.05, 4.69) is 15.9 Å². The van der Waals surface area contributed by atoms with Gasteiger partial charge in [0, 0.05) is 44.8 Å². The van der Waals surface area contributed by atoms with E-state index >= 15 is 0 Å². The van der Waals surface area contributed by atoms with Gasteiger partial charge in [0.2, 0.25) is 0 Å². The van der Waals surface area contributed by atoms with E-state index in [-0.39, 0.29) is 11.9 Å². The van der Waals surface area contributed by atoms with Gasteiger partial charge in [-0.3, -0.25) is 4.79 Å². The Kier molecular flexibility index (Phi) is 5.83. The average molecular weight is 410 g/mol. The van der Waals surface area contributed by atoms with Crippen molar-refractivity contribution in [2.24, 2.45) is 0 Å². The standard InChI is InChI=1S/C18H24BrN3O3/c1-25-16-6-5-14(13-15(16)19)17(23)20-9-11-22(12-10-20)18(24)21-7-3-2-4-8-21/h5-6,13H,2-4,7-12H2,1H3. The van der Waals surface area contributed by atoms with Crippen molar-refractivity contribution in [1.29, 1.82) is 0 Å². The highest BCUT2D eigenvalue weighted by molar-refractivity contribution is 9.10. The first-order chi connectivity index (χ1) is 12.1. The van der Waals surface area contributed by atoms with Crippen LogP contribution in [0.2, 0.25) is 0 Å². The maximum Gasteiger partial charge on any atom is 0.320 e. The SMILES string of the molecule is COc1ccc(C(=O)N2CCN(C(=O)N3CCCCC3)CC2)cc1Br. The Bertz CT molecular complexity index is 638. The molecule has 1 aromatic rings. The molecule has 1 aromatic carbocycles. The van der Waals surface area contributed by atoms with Gasteiger partial charge in [-0.1, -0.05) is 0 Å². The molecule has 0 N–H and O–H groups in total. The summed E-state index contributed by atoms with van der Waals surface area (Å²) in [5, 5.41) is 0. The second-order valence-electron chi connectivity index (χ2n) is 6.46. The highest BCUT2D eigenvalue weighted by atomic mass is 79.9. The first-order valence-corrected chi connectivity index (χ1v) is 9.56. The molecule has 3 amide bonds. The van der Waals surface area contributed by atoms with Crippen LogP contribution in [0.1, 0.15) is 29.6 Å². The number of rotatable bonds is 2. The monoisotopic (exact) mass is 409 g/mol. The molecule has 0 bridgehead atoms. The molecule has 0 atom stereocenters. The minimum absolute atomic E-state index is 0.00609. The van der Waals surface area contributed by atoms with Crippen molar-refractivity contribution in [3.05, 3.63) is 28.2 Å². The molecule has 0 unspecified atom stereocenters. The van der Waals surface area contributed by atoms with Crippen molar-refractivity contribution in [2.45, 2.75) is 19.3 Å². The molecule has 7 heteroatoms. The Labute approximate surface area is 156 Å². The zero-order valence-corrected chi connectivity index (χ0v) is 16.1. The molecule has 25 heavy (non-hydrogen) atoms. The summed E-state index contributed by atoms with van der Waals surface area (Å²) < 4.78 is 5.97. The number of likely N-dealkylation sites (tertiary alicyclic amines) is 1. The van der Waals surface area contributed by atoms with E-state index in [0.29, 0.717) is 37.5 Å². The van der Waals surface area contributed by atoms with Crippen LogP contribution in [0.3, 0.4) is 0 Å². The van der Waals surface area contributed by atoms with E-state index in [1.54, 1.807) is 25.3 Å². The largest absolute Gasteiger partial charge is 0.496 e. The van der Waals surface area contributed by atoms with Gasteiger partial charge in [0.1, 0.15) is 5.75 Å². The summed E-state index contributed by atoms with van der Waals surface area (Å²) >= 11 is 3.42. The molecule has 0 spiro atoms. The Hall–Kier alpha value is -1.76. The van der Waals surface area contributed by atoms with Crippen LogP contribution in [-0.2, 0) is 0 Å². The Morgan fingerprint density at radius 1 is 0.920 bits per heavy atom. The Morgan fingerprint density at radius 2 is 1.52 bits per heavy atom. The van der Waals surface area contributed by atoms with E-state index in [9.17, 15) is 9.59 Å². The normalized spacial score (nSPS) is 18.2. The molecule has 6 nitrogen and oxygen atoms in total. The van der Waals surface area contributed by atoms with Crippen LogP contribution in [0.5, 0.6) is 5.75 Å². The summed E-state index contributed by atoms with van der Waals surface area (Å²) in [6.07, 6.45) is 3.40. The van der Waals surface area contributed by atoms with Gasteiger partial charge in [-0.25, -0.2) is 4.79 Å². The Morgan fingerprint density at radius 3 is 2.12 bits per heavy atom. The predicted octanol–water partition coefficient (Wildman–Crippen LogP) is 2.82. The quantitative estimate of drug-likeness (QED) is 0.754. The lowest BCUT2D eigenvalue weighted by Gasteiger charge is -2.38. The molecule has 2 aliphatic heterocycles. The second kappa shape index (κ2) is 8.08. The van der Waals surface area contributed by atoms with E-state index in [1.165, 1.54) is 6.42 Å². The van der Waals surface area contributed by atoms with E-state index < -0.39 is 0 Å². The summed E-state index contributed by atoms with van der Waals surface area (Å²) in [5.74, 6) is 0.696. The zero-order valence-electron chi connectivity index (χ0n) is 14.5. The maximum absolute atomic E-state index is 12.7. The van der Waals surface area contributed by atoms with Crippen LogP contribution >= 0.6 is 15.9 Å². The summed E-state index contributed by atoms with van der Waals surface area (Å²) in [5.41, 5.74) is 0.628. The van der Waals surface area contributed by atoms with Crippen LogP contribution < -0.4 is 4.74 Å². The highest BCUT2D eigenvalue weighted by Crippen LogP contribution is 2.26. The van der Waals surface area contributed by atoms with Crippen molar-refractivity contribution in [1.82, 2.24) is 14.7 Å². The van der Waals surface area contributed by atoms with Gasteiger partial charge in [0.25, 0.3) is 5.91 Å². The maximum atomic E-state index is 12.7. The van der Waals surface area contributed by atoms with Crippen molar-refractivity contribution in [3.8, 4) is 5.75 Å². The van der Waals surface area contributed by atoms with Gasteiger partial charge in [-0.15, -0.1) is 0 Å². The topological polar surface area (TPSA) is 53.1 Å². The summed E-state index contributed by atoms with van der Waals surface area (Å²) in [6.45, 7) is 4.05. The van der Waals surface area contributed by atoms with Crippen molar-refractivity contribution in [2.75, 3.05) is 46.4 Å².